The van der Waals surface area contributed by atoms with E-state index in [-0.39, 0.29) is 12.1 Å². The zero-order chi connectivity index (χ0) is 14.9. The zero-order valence-corrected chi connectivity index (χ0v) is 12.0. The molecule has 1 fully saturated rings. The molecule has 0 bridgehead atoms. The van der Waals surface area contributed by atoms with E-state index in [0.717, 1.165) is 43.0 Å². The Bertz CT molecular complexity index is 574. The molecule has 112 valence electrons. The van der Waals surface area contributed by atoms with Gasteiger partial charge in [-0.1, -0.05) is 6.08 Å². The Balaban J connectivity index is 1.73. The van der Waals surface area contributed by atoms with E-state index in [9.17, 15) is 4.79 Å². The van der Waals surface area contributed by atoms with Crippen LogP contribution in [0.25, 0.3) is 6.08 Å². The van der Waals surface area contributed by atoms with Gasteiger partial charge in [0.1, 0.15) is 17.1 Å². The van der Waals surface area contributed by atoms with Crippen molar-refractivity contribution < 1.29 is 19.4 Å². The summed E-state index contributed by atoms with van der Waals surface area (Å²) in [7, 11) is 1.64. The highest BCUT2D eigenvalue weighted by atomic mass is 16.5. The highest BCUT2D eigenvalue weighted by Crippen LogP contribution is 2.38. The molecule has 21 heavy (non-hydrogen) atoms. The SMILES string of the molecule is COc1ccc2c(c1)OC1(C=C2)CCN(CC(=O)O)CC1. The van der Waals surface area contributed by atoms with Gasteiger partial charge < -0.3 is 14.6 Å². The quantitative estimate of drug-likeness (QED) is 0.922. The third-order valence-corrected chi connectivity index (χ3v) is 4.16. The van der Waals surface area contributed by atoms with Crippen molar-refractivity contribution in [3.05, 3.63) is 29.8 Å². The largest absolute Gasteiger partial charge is 0.497 e. The Morgan fingerprint density at radius 1 is 1.43 bits per heavy atom. The van der Waals surface area contributed by atoms with E-state index in [1.807, 2.05) is 23.1 Å². The van der Waals surface area contributed by atoms with E-state index in [4.69, 9.17) is 14.6 Å². The fourth-order valence-electron chi connectivity index (χ4n) is 2.91. The summed E-state index contributed by atoms with van der Waals surface area (Å²) in [6.07, 6.45) is 5.80. The van der Waals surface area contributed by atoms with Gasteiger partial charge in [-0.05, 0) is 18.2 Å². The van der Waals surface area contributed by atoms with Gasteiger partial charge >= 0.3 is 5.97 Å². The average molecular weight is 289 g/mol. The van der Waals surface area contributed by atoms with Crippen molar-refractivity contribution in [3.63, 3.8) is 0 Å². The second kappa shape index (κ2) is 5.41. The lowest BCUT2D eigenvalue weighted by atomic mass is 9.88. The number of likely N-dealkylation sites (tertiary alicyclic amines) is 1. The van der Waals surface area contributed by atoms with Gasteiger partial charge in [0.25, 0.3) is 0 Å². The lowest BCUT2D eigenvalue weighted by Gasteiger charge is -2.41. The second-order valence-corrected chi connectivity index (χ2v) is 5.57. The lowest BCUT2D eigenvalue weighted by Crippen LogP contribution is -2.48. The Morgan fingerprint density at radius 2 is 2.19 bits per heavy atom. The van der Waals surface area contributed by atoms with Crippen molar-refractivity contribution in [3.8, 4) is 11.5 Å². The molecule has 0 aromatic heterocycles. The van der Waals surface area contributed by atoms with Crippen LogP contribution in [0.5, 0.6) is 11.5 Å². The van der Waals surface area contributed by atoms with Crippen LogP contribution in [0.1, 0.15) is 18.4 Å². The molecule has 5 heteroatoms. The minimum absolute atomic E-state index is 0.101. The van der Waals surface area contributed by atoms with Crippen LogP contribution in [0.15, 0.2) is 24.3 Å². The van der Waals surface area contributed by atoms with E-state index in [0.29, 0.717) is 0 Å². The first-order valence-corrected chi connectivity index (χ1v) is 7.11. The predicted molar refractivity (Wildman–Crippen MR) is 78.7 cm³/mol. The van der Waals surface area contributed by atoms with Crippen LogP contribution in [-0.2, 0) is 4.79 Å². The van der Waals surface area contributed by atoms with Gasteiger partial charge in [0.15, 0.2) is 0 Å². The maximum Gasteiger partial charge on any atom is 0.317 e. The molecule has 0 aliphatic carbocycles. The third kappa shape index (κ3) is 2.88. The van der Waals surface area contributed by atoms with E-state index in [1.165, 1.54) is 0 Å². The lowest BCUT2D eigenvalue weighted by molar-refractivity contribution is -0.139. The molecule has 0 amide bonds. The molecule has 1 aromatic carbocycles. The van der Waals surface area contributed by atoms with Crippen molar-refractivity contribution in [1.29, 1.82) is 0 Å². The Hall–Kier alpha value is -2.01. The number of carboxylic acid groups (broad SMARTS) is 1. The van der Waals surface area contributed by atoms with Gasteiger partial charge in [-0.3, -0.25) is 9.69 Å². The first kappa shape index (κ1) is 13.9. The van der Waals surface area contributed by atoms with E-state index >= 15 is 0 Å². The van der Waals surface area contributed by atoms with Gasteiger partial charge in [0.2, 0.25) is 0 Å². The first-order chi connectivity index (χ1) is 10.1. The maximum atomic E-state index is 10.8. The Kier molecular flexibility index (Phi) is 3.59. The van der Waals surface area contributed by atoms with Gasteiger partial charge in [-0.15, -0.1) is 0 Å². The average Bonchev–Trinajstić information content (AvgIpc) is 2.49. The number of hydrogen-bond acceptors (Lipinski definition) is 4. The first-order valence-electron chi connectivity index (χ1n) is 7.11. The van der Waals surface area contributed by atoms with Crippen LogP contribution in [0.2, 0.25) is 0 Å². The number of aliphatic carboxylic acids is 1. The minimum Gasteiger partial charge on any atom is -0.497 e. The molecule has 2 aliphatic heterocycles. The molecule has 0 radical (unpaired) electrons. The fraction of sp³-hybridized carbons (Fsp3) is 0.438. The molecular weight excluding hydrogens is 270 g/mol. The summed E-state index contributed by atoms with van der Waals surface area (Å²) >= 11 is 0. The highest BCUT2D eigenvalue weighted by Gasteiger charge is 2.37. The molecule has 2 aliphatic rings. The summed E-state index contributed by atoms with van der Waals surface area (Å²) in [5.41, 5.74) is 0.739. The molecule has 1 spiro atoms. The van der Waals surface area contributed by atoms with Gasteiger partial charge in [0.05, 0.1) is 13.7 Å². The van der Waals surface area contributed by atoms with Crippen LogP contribution < -0.4 is 9.47 Å². The Morgan fingerprint density at radius 3 is 2.86 bits per heavy atom. The number of carbonyl (C=O) groups is 1. The number of rotatable bonds is 3. The van der Waals surface area contributed by atoms with Gasteiger partial charge in [0, 0.05) is 37.6 Å². The van der Waals surface area contributed by atoms with Crippen LogP contribution in [-0.4, -0.2) is 48.3 Å². The molecule has 0 atom stereocenters. The van der Waals surface area contributed by atoms with Crippen LogP contribution in [0.4, 0.5) is 0 Å². The number of methoxy groups -OCH3 is 1. The van der Waals surface area contributed by atoms with Crippen molar-refractivity contribution in [2.75, 3.05) is 26.7 Å². The Labute approximate surface area is 123 Å². The number of benzene rings is 1. The normalized spacial score (nSPS) is 19.9. The van der Waals surface area contributed by atoms with E-state index in [1.54, 1.807) is 7.11 Å². The molecule has 5 nitrogen and oxygen atoms in total. The smallest absolute Gasteiger partial charge is 0.317 e. The highest BCUT2D eigenvalue weighted by molar-refractivity contribution is 5.69. The molecule has 1 saturated heterocycles. The number of hydrogen-bond donors (Lipinski definition) is 1. The third-order valence-electron chi connectivity index (χ3n) is 4.16. The number of fused-ring (bicyclic) bond motifs is 1. The van der Waals surface area contributed by atoms with Crippen molar-refractivity contribution >= 4 is 12.0 Å². The standard InChI is InChI=1S/C16H19NO4/c1-20-13-3-2-12-4-5-16(21-14(12)10-13)6-8-17(9-7-16)11-15(18)19/h2-5,10H,6-9,11H2,1H3,(H,18,19). The molecule has 1 N–H and O–H groups in total. The zero-order valence-electron chi connectivity index (χ0n) is 12.0. The molecule has 3 rings (SSSR count). The van der Waals surface area contributed by atoms with E-state index in [2.05, 4.69) is 12.2 Å². The maximum absolute atomic E-state index is 10.8. The number of nitrogens with zero attached hydrogens (tertiary/aromatic N) is 1. The van der Waals surface area contributed by atoms with Crippen molar-refractivity contribution in [2.24, 2.45) is 0 Å². The number of carboxylic acids is 1. The van der Waals surface area contributed by atoms with Crippen LogP contribution >= 0.6 is 0 Å². The fourth-order valence-corrected chi connectivity index (χ4v) is 2.91. The summed E-state index contributed by atoms with van der Waals surface area (Å²) in [6, 6.07) is 5.81. The van der Waals surface area contributed by atoms with Crippen molar-refractivity contribution in [2.45, 2.75) is 18.4 Å². The summed E-state index contributed by atoms with van der Waals surface area (Å²) in [5, 5.41) is 8.85. The molecule has 0 unspecified atom stereocenters. The second-order valence-electron chi connectivity index (χ2n) is 5.57. The van der Waals surface area contributed by atoms with Crippen molar-refractivity contribution in [1.82, 2.24) is 4.90 Å². The summed E-state index contributed by atoms with van der Waals surface area (Å²) in [6.45, 7) is 1.57. The monoisotopic (exact) mass is 289 g/mol. The molecular formula is C16H19NO4. The predicted octanol–water partition coefficient (Wildman–Crippen LogP) is 2.02. The van der Waals surface area contributed by atoms with Crippen LogP contribution in [0, 0.1) is 0 Å². The van der Waals surface area contributed by atoms with E-state index < -0.39 is 5.97 Å². The number of piperidine rings is 1. The van der Waals surface area contributed by atoms with Gasteiger partial charge in [-0.25, -0.2) is 0 Å². The van der Waals surface area contributed by atoms with Crippen LogP contribution in [0.3, 0.4) is 0 Å². The van der Waals surface area contributed by atoms with Gasteiger partial charge in [-0.2, -0.15) is 0 Å². The minimum atomic E-state index is -0.777. The summed E-state index contributed by atoms with van der Waals surface area (Å²) in [4.78, 5) is 12.7. The summed E-state index contributed by atoms with van der Waals surface area (Å²) < 4.78 is 11.5. The molecule has 2 heterocycles. The molecule has 0 saturated carbocycles. The molecule has 1 aromatic rings. The topological polar surface area (TPSA) is 59.0 Å². The summed E-state index contributed by atoms with van der Waals surface area (Å²) in [5.74, 6) is 0.840. The number of ether oxygens (including phenoxy) is 2.